The van der Waals surface area contributed by atoms with E-state index in [1.807, 2.05) is 59.2 Å². The second kappa shape index (κ2) is 5.84. The van der Waals surface area contributed by atoms with Gasteiger partial charge in [0.2, 0.25) is 0 Å². The molecule has 23 heavy (non-hydrogen) atoms. The smallest absolute Gasteiger partial charge is 0.482 e. The van der Waals surface area contributed by atoms with Crippen LogP contribution in [0.15, 0.2) is 67.0 Å². The Labute approximate surface area is 141 Å². The van der Waals surface area contributed by atoms with Gasteiger partial charge in [-0.3, -0.25) is 4.57 Å². The van der Waals surface area contributed by atoms with E-state index >= 15 is 0 Å². The summed E-state index contributed by atoms with van der Waals surface area (Å²) in [6.07, 6.45) is 3.49. The predicted octanol–water partition coefficient (Wildman–Crippen LogP) is 2.94. The third-order valence-corrected chi connectivity index (χ3v) is 3.79. The first-order valence-corrected chi connectivity index (χ1v) is 7.56. The SMILES string of the molecule is [Al][O]c1cccnc1-c1nc2cccnc2n1-c1ccccc1. The fraction of sp³-hybridized carbons (Fsp3) is 0. The number of fused-ring (bicyclic) bond motifs is 1. The van der Waals surface area contributed by atoms with Crippen LogP contribution in [0.5, 0.6) is 5.75 Å². The molecule has 2 radical (unpaired) electrons. The van der Waals surface area contributed by atoms with E-state index < -0.39 is 0 Å². The molecule has 3 heterocycles. The average molecular weight is 314 g/mol. The molecule has 6 heteroatoms. The highest BCUT2D eigenvalue weighted by molar-refractivity contribution is 6.00. The molecule has 108 valence electrons. The lowest BCUT2D eigenvalue weighted by atomic mass is 10.2. The molecule has 0 spiro atoms. The van der Waals surface area contributed by atoms with Crippen molar-refractivity contribution in [1.82, 2.24) is 19.5 Å². The van der Waals surface area contributed by atoms with Crippen LogP contribution < -0.4 is 3.79 Å². The fourth-order valence-electron chi connectivity index (χ4n) is 2.55. The van der Waals surface area contributed by atoms with E-state index in [4.69, 9.17) is 8.77 Å². The zero-order chi connectivity index (χ0) is 15.6. The highest BCUT2D eigenvalue weighted by atomic mass is 27.1. The maximum atomic E-state index is 5.37. The normalized spacial score (nSPS) is 10.8. The molecule has 0 bridgehead atoms. The Morgan fingerprint density at radius 1 is 0.870 bits per heavy atom. The zero-order valence-electron chi connectivity index (χ0n) is 12.1. The number of imidazole rings is 1. The van der Waals surface area contributed by atoms with Crippen LogP contribution in [0.1, 0.15) is 0 Å². The molecule has 0 saturated heterocycles. The molecule has 0 aliphatic rings. The van der Waals surface area contributed by atoms with E-state index in [0.717, 1.165) is 16.9 Å². The summed E-state index contributed by atoms with van der Waals surface area (Å²) in [5, 5.41) is 0. The van der Waals surface area contributed by atoms with Crippen LogP contribution >= 0.6 is 0 Å². The Bertz CT molecular complexity index is 969. The van der Waals surface area contributed by atoms with Gasteiger partial charge in [-0.25, -0.2) is 15.0 Å². The average Bonchev–Trinajstić information content (AvgIpc) is 3.01. The third kappa shape index (κ3) is 2.38. The summed E-state index contributed by atoms with van der Waals surface area (Å²) in [7, 11) is 0. The summed E-state index contributed by atoms with van der Waals surface area (Å²) in [5.41, 5.74) is 3.24. The van der Waals surface area contributed by atoms with Crippen LogP contribution in [0, 0.1) is 0 Å². The second-order valence-electron chi connectivity index (χ2n) is 4.92. The predicted molar refractivity (Wildman–Crippen MR) is 88.5 cm³/mol. The molecule has 4 aromatic rings. The molecular formula is C17H11AlN4O. The molecule has 0 saturated carbocycles. The number of pyridine rings is 2. The quantitative estimate of drug-likeness (QED) is 0.546. The van der Waals surface area contributed by atoms with Crippen LogP contribution in [-0.4, -0.2) is 36.1 Å². The fourth-order valence-corrected chi connectivity index (χ4v) is 2.74. The van der Waals surface area contributed by atoms with Crippen molar-refractivity contribution in [2.24, 2.45) is 0 Å². The molecule has 0 fully saturated rings. The van der Waals surface area contributed by atoms with Gasteiger partial charge in [0.1, 0.15) is 17.0 Å². The Kier molecular flexibility index (Phi) is 3.54. The molecule has 3 aromatic heterocycles. The molecule has 4 rings (SSSR count). The van der Waals surface area contributed by atoms with Gasteiger partial charge in [-0.1, -0.05) is 18.2 Å². The third-order valence-electron chi connectivity index (χ3n) is 3.54. The first-order chi connectivity index (χ1) is 11.4. The van der Waals surface area contributed by atoms with Crippen molar-refractivity contribution in [2.75, 3.05) is 0 Å². The Morgan fingerprint density at radius 3 is 2.48 bits per heavy atom. The number of hydrogen-bond acceptors (Lipinski definition) is 4. The van der Waals surface area contributed by atoms with Gasteiger partial charge in [-0.15, -0.1) is 0 Å². The van der Waals surface area contributed by atoms with Crippen LogP contribution in [0.3, 0.4) is 0 Å². The summed E-state index contributed by atoms with van der Waals surface area (Å²) in [5.74, 6) is 1.34. The van der Waals surface area contributed by atoms with Crippen LogP contribution in [0.25, 0.3) is 28.4 Å². The van der Waals surface area contributed by atoms with Crippen molar-refractivity contribution in [3.63, 3.8) is 0 Å². The maximum absolute atomic E-state index is 5.37. The second-order valence-corrected chi connectivity index (χ2v) is 5.16. The molecule has 0 unspecified atom stereocenters. The van der Waals surface area contributed by atoms with Crippen molar-refractivity contribution in [2.45, 2.75) is 0 Å². The van der Waals surface area contributed by atoms with Gasteiger partial charge < -0.3 is 3.79 Å². The van der Waals surface area contributed by atoms with E-state index in [1.54, 1.807) is 12.4 Å². The van der Waals surface area contributed by atoms with Gasteiger partial charge >= 0.3 is 16.6 Å². The summed E-state index contributed by atoms with van der Waals surface area (Å²) >= 11 is 2.26. The zero-order valence-corrected chi connectivity index (χ0v) is 13.3. The number of hydrogen-bond donors (Lipinski definition) is 0. The van der Waals surface area contributed by atoms with Gasteiger partial charge in [0.25, 0.3) is 0 Å². The molecule has 0 atom stereocenters. The first kappa shape index (κ1) is 13.9. The van der Waals surface area contributed by atoms with Crippen molar-refractivity contribution in [3.05, 3.63) is 67.0 Å². The lowest BCUT2D eigenvalue weighted by Crippen LogP contribution is -2.01. The molecule has 0 aliphatic heterocycles. The molecule has 0 amide bonds. The van der Waals surface area contributed by atoms with Gasteiger partial charge in [-0.2, -0.15) is 0 Å². The van der Waals surface area contributed by atoms with Gasteiger partial charge in [0.05, 0.1) is 0 Å². The summed E-state index contributed by atoms with van der Waals surface area (Å²) in [6, 6.07) is 17.5. The lowest BCUT2D eigenvalue weighted by molar-refractivity contribution is 0.614. The molecule has 0 N–H and O–H groups in total. The molecule has 1 aromatic carbocycles. The highest BCUT2D eigenvalue weighted by Crippen LogP contribution is 2.31. The van der Waals surface area contributed by atoms with Gasteiger partial charge in [-0.05, 0) is 36.4 Å². The number of nitrogens with zero attached hydrogens (tertiary/aromatic N) is 4. The Balaban J connectivity index is 2.07. The molecular weight excluding hydrogens is 303 g/mol. The minimum absolute atomic E-state index is 0.644. The van der Waals surface area contributed by atoms with Crippen molar-refractivity contribution in [1.29, 1.82) is 0 Å². The van der Waals surface area contributed by atoms with Crippen molar-refractivity contribution in [3.8, 4) is 23.0 Å². The number of aromatic nitrogens is 4. The number of benzene rings is 1. The lowest BCUT2D eigenvalue weighted by Gasteiger charge is -2.11. The molecule has 5 nitrogen and oxygen atoms in total. The minimum Gasteiger partial charge on any atom is -0.652 e. The summed E-state index contributed by atoms with van der Waals surface area (Å²) in [6.45, 7) is 0. The van der Waals surface area contributed by atoms with E-state index in [0.29, 0.717) is 17.3 Å². The van der Waals surface area contributed by atoms with Gasteiger partial charge in [0.15, 0.2) is 11.5 Å². The van der Waals surface area contributed by atoms with Gasteiger partial charge in [0, 0.05) is 18.1 Å². The topological polar surface area (TPSA) is 52.8 Å². The van der Waals surface area contributed by atoms with E-state index in [1.165, 1.54) is 0 Å². The van der Waals surface area contributed by atoms with E-state index in [2.05, 4.69) is 26.6 Å². The number of para-hydroxylation sites is 1. The molecule has 0 aliphatic carbocycles. The standard InChI is InChI=1S/C17H12N4O.Al/c22-14-9-5-10-18-15(14)17-20-13-8-4-11-19-16(13)21(17)12-6-2-1-3-7-12;/h1-11,22H;/q;+1/p-1. The van der Waals surface area contributed by atoms with Crippen molar-refractivity contribution < 1.29 is 3.79 Å². The highest BCUT2D eigenvalue weighted by Gasteiger charge is 2.18. The largest absolute Gasteiger partial charge is 0.652 e. The summed E-state index contributed by atoms with van der Waals surface area (Å²) in [4.78, 5) is 13.7. The maximum Gasteiger partial charge on any atom is 0.482 e. The monoisotopic (exact) mass is 314 g/mol. The van der Waals surface area contributed by atoms with Crippen molar-refractivity contribution >= 4 is 27.8 Å². The first-order valence-electron chi connectivity index (χ1n) is 7.09. The van der Waals surface area contributed by atoms with E-state index in [-0.39, 0.29) is 0 Å². The Hall–Kier alpha value is -2.68. The van der Waals surface area contributed by atoms with Crippen LogP contribution in [0.2, 0.25) is 0 Å². The van der Waals surface area contributed by atoms with Crippen LogP contribution in [0.4, 0.5) is 0 Å². The summed E-state index contributed by atoms with van der Waals surface area (Å²) < 4.78 is 7.36. The number of rotatable bonds is 3. The minimum atomic E-state index is 0.644. The van der Waals surface area contributed by atoms with Crippen LogP contribution in [-0.2, 0) is 0 Å². The Morgan fingerprint density at radius 2 is 1.65 bits per heavy atom. The van der Waals surface area contributed by atoms with E-state index in [9.17, 15) is 0 Å².